The van der Waals surface area contributed by atoms with Gasteiger partial charge in [0.05, 0.1) is 13.2 Å². The van der Waals surface area contributed by atoms with Gasteiger partial charge in [0.2, 0.25) is 0 Å². The first-order valence-corrected chi connectivity index (χ1v) is 6.88. The Kier molecular flexibility index (Phi) is 17.2. The number of nitrogens with two attached hydrogens (primary N) is 2. The first kappa shape index (κ1) is 23.5. The number of phosphoric ester groups is 2. The third-order valence-electron chi connectivity index (χ3n) is 0.745. The molecule has 2 unspecified atom stereocenters. The van der Waals surface area contributed by atoms with Gasteiger partial charge in [-0.2, -0.15) is 0 Å². The van der Waals surface area contributed by atoms with E-state index < -0.39 is 15.6 Å². The Morgan fingerprint density at radius 3 is 1.24 bits per heavy atom. The predicted molar refractivity (Wildman–Crippen MR) is 55.4 cm³/mol. The third kappa shape index (κ3) is 31.8. The van der Waals surface area contributed by atoms with Crippen molar-refractivity contribution in [2.24, 2.45) is 11.5 Å². The van der Waals surface area contributed by atoms with Crippen LogP contribution in [-0.2, 0) is 18.2 Å². The van der Waals surface area contributed by atoms with E-state index in [-0.39, 0.29) is 64.0 Å². The molecule has 13 heteroatoms. The van der Waals surface area contributed by atoms with Gasteiger partial charge in [-0.3, -0.25) is 9.13 Å². The number of hydrogen-bond acceptors (Lipinski definition) is 8. The van der Waals surface area contributed by atoms with Gasteiger partial charge in [0.25, 0.3) is 15.6 Å². The normalized spacial score (nSPS) is 16.8. The average molecular weight is 320 g/mol. The molecule has 0 aliphatic heterocycles. The maximum Gasteiger partial charge on any atom is 2.00 e. The first-order valence-electron chi connectivity index (χ1n) is 3.89. The molecule has 0 rings (SSSR count). The fraction of sp³-hybridized carbons (Fsp3) is 1.00. The minimum absolute atomic E-state index is 0. The van der Waals surface area contributed by atoms with Crippen LogP contribution in [0, 0.1) is 0 Å². The monoisotopic (exact) mass is 320 g/mol. The van der Waals surface area contributed by atoms with Crippen LogP contribution in [0.15, 0.2) is 0 Å². The molecule has 0 bridgehead atoms. The van der Waals surface area contributed by atoms with E-state index in [9.17, 15) is 18.9 Å². The summed E-state index contributed by atoms with van der Waals surface area (Å²) in [7, 11) is -9.02. The Hall–Kier alpha value is 1.40. The van der Waals surface area contributed by atoms with Crippen LogP contribution in [0.3, 0.4) is 0 Å². The van der Waals surface area contributed by atoms with E-state index in [1.807, 2.05) is 0 Å². The van der Waals surface area contributed by atoms with Gasteiger partial charge >= 0.3 is 37.7 Å². The molecule has 2 atom stereocenters. The Balaban J connectivity index is -0.000000218. The molecule has 100 valence electrons. The number of hydrogen-bond donors (Lipinski definition) is 4. The smallest absolute Gasteiger partial charge is 0.756 e. The summed E-state index contributed by atoms with van der Waals surface area (Å²) >= 11 is 0. The molecule has 0 amide bonds. The van der Waals surface area contributed by atoms with Gasteiger partial charge in [-0.15, -0.1) is 0 Å². The molecule has 0 aromatic carbocycles. The van der Waals surface area contributed by atoms with Crippen LogP contribution in [0.2, 0.25) is 0 Å². The van der Waals surface area contributed by atoms with E-state index in [0.717, 1.165) is 0 Å². The molecule has 10 nitrogen and oxygen atoms in total. The minimum Gasteiger partial charge on any atom is -0.756 e. The summed E-state index contributed by atoms with van der Waals surface area (Å²) in [6.45, 7) is -0.186. The second-order valence-corrected chi connectivity index (χ2v) is 4.57. The van der Waals surface area contributed by atoms with Gasteiger partial charge in [-0.25, -0.2) is 0 Å². The molecular formula is C4H14CaN2O8P2. The zero-order chi connectivity index (χ0) is 13.2. The van der Waals surface area contributed by atoms with E-state index in [1.54, 1.807) is 0 Å². The molecule has 0 saturated heterocycles. The standard InChI is InChI=1S/2C2H8NO4P.Ca/c2*3-1-2-7-8(4,5)6;/h2*1-3H2,(H2,4,5,6);/q;;+2/p-2. The van der Waals surface area contributed by atoms with E-state index in [1.165, 1.54) is 0 Å². The topological polar surface area (TPSA) is 191 Å². The summed E-state index contributed by atoms with van der Waals surface area (Å²) in [5, 5.41) is 0. The van der Waals surface area contributed by atoms with Crippen molar-refractivity contribution in [2.75, 3.05) is 26.3 Å². The van der Waals surface area contributed by atoms with Crippen molar-refractivity contribution in [1.82, 2.24) is 0 Å². The van der Waals surface area contributed by atoms with E-state index >= 15 is 0 Å². The van der Waals surface area contributed by atoms with Crippen molar-refractivity contribution in [1.29, 1.82) is 0 Å². The minimum atomic E-state index is -4.51. The zero-order valence-corrected chi connectivity index (χ0v) is 12.9. The number of phosphoric acid groups is 2. The molecule has 0 radical (unpaired) electrons. The van der Waals surface area contributed by atoms with Crippen LogP contribution in [-0.4, -0.2) is 73.8 Å². The maximum atomic E-state index is 9.70. The summed E-state index contributed by atoms with van der Waals surface area (Å²) in [4.78, 5) is 35.1. The molecule has 0 saturated carbocycles. The van der Waals surface area contributed by atoms with Gasteiger partial charge in [0.15, 0.2) is 0 Å². The van der Waals surface area contributed by atoms with Gasteiger partial charge in [-0.1, -0.05) is 0 Å². The summed E-state index contributed by atoms with van der Waals surface area (Å²) in [5.74, 6) is 0. The van der Waals surface area contributed by atoms with Crippen molar-refractivity contribution in [3.63, 3.8) is 0 Å². The van der Waals surface area contributed by atoms with Crippen LogP contribution >= 0.6 is 15.6 Å². The molecule has 0 heterocycles. The second-order valence-electron chi connectivity index (χ2n) is 2.18. The zero-order valence-electron chi connectivity index (χ0n) is 8.93. The Morgan fingerprint density at radius 1 is 0.941 bits per heavy atom. The van der Waals surface area contributed by atoms with Crippen LogP contribution < -0.4 is 21.3 Å². The van der Waals surface area contributed by atoms with E-state index in [2.05, 4.69) is 9.05 Å². The van der Waals surface area contributed by atoms with Crippen LogP contribution in [0.1, 0.15) is 0 Å². The van der Waals surface area contributed by atoms with Gasteiger partial charge in [0.1, 0.15) is 0 Å². The summed E-state index contributed by atoms with van der Waals surface area (Å²) < 4.78 is 27.0. The van der Waals surface area contributed by atoms with Crippen molar-refractivity contribution >= 4 is 53.4 Å². The van der Waals surface area contributed by atoms with Crippen molar-refractivity contribution in [3.05, 3.63) is 0 Å². The Bertz CT molecular complexity index is 228. The molecule has 0 aromatic heterocycles. The SMILES string of the molecule is NCCOP(=O)([O-])O.NCCOP(=O)([O-])O.[Ca+2]. The van der Waals surface area contributed by atoms with Gasteiger partial charge in [0, 0.05) is 13.1 Å². The number of rotatable bonds is 6. The van der Waals surface area contributed by atoms with E-state index in [4.69, 9.17) is 21.3 Å². The molecular weight excluding hydrogens is 306 g/mol. The maximum absolute atomic E-state index is 9.70. The third-order valence-corrected chi connectivity index (χ3v) is 1.76. The van der Waals surface area contributed by atoms with Gasteiger partial charge in [-0.05, 0) is 0 Å². The fourth-order valence-corrected chi connectivity index (χ4v) is 1.01. The summed E-state index contributed by atoms with van der Waals surface area (Å²) in [6.07, 6.45) is 0. The predicted octanol–water partition coefficient (Wildman–Crippen LogP) is -3.54. The van der Waals surface area contributed by atoms with Crippen LogP contribution in [0.5, 0.6) is 0 Å². The van der Waals surface area contributed by atoms with Crippen molar-refractivity contribution in [2.45, 2.75) is 0 Å². The summed E-state index contributed by atoms with van der Waals surface area (Å²) in [6, 6.07) is 0. The molecule has 0 aliphatic rings. The van der Waals surface area contributed by atoms with E-state index in [0.29, 0.717) is 0 Å². The Morgan fingerprint density at radius 2 is 1.18 bits per heavy atom. The second kappa shape index (κ2) is 12.4. The molecule has 6 N–H and O–H groups in total. The molecule has 0 spiro atoms. The van der Waals surface area contributed by atoms with Gasteiger partial charge < -0.3 is 40.1 Å². The van der Waals surface area contributed by atoms with Crippen LogP contribution in [0.4, 0.5) is 0 Å². The largest absolute Gasteiger partial charge is 2.00 e. The van der Waals surface area contributed by atoms with Crippen LogP contribution in [0.25, 0.3) is 0 Å². The molecule has 0 fully saturated rings. The molecule has 0 aliphatic carbocycles. The Labute approximate surface area is 128 Å². The molecule has 0 aromatic rings. The average Bonchev–Trinajstić information content (AvgIpc) is 2.10. The molecule has 17 heavy (non-hydrogen) atoms. The summed E-state index contributed by atoms with van der Waals surface area (Å²) in [5.41, 5.74) is 9.68. The van der Waals surface area contributed by atoms with Crippen molar-refractivity contribution < 1.29 is 37.8 Å². The van der Waals surface area contributed by atoms with Crippen molar-refractivity contribution in [3.8, 4) is 0 Å². The fourth-order valence-electron chi connectivity index (χ4n) is 0.336. The quantitative estimate of drug-likeness (QED) is 0.281. The first-order chi connectivity index (χ1) is 7.12.